The van der Waals surface area contributed by atoms with Crippen LogP contribution in [0.3, 0.4) is 0 Å². The first-order valence-electron chi connectivity index (χ1n) is 8.54. The monoisotopic (exact) mass is 367 g/mol. The molecule has 1 heterocycles. The number of carbonyl (C=O) groups excluding carboxylic acids is 1. The molecule has 0 spiro atoms. The van der Waals surface area contributed by atoms with Gasteiger partial charge in [0.25, 0.3) is 0 Å². The summed E-state index contributed by atoms with van der Waals surface area (Å²) in [5.74, 6) is 2.17. The summed E-state index contributed by atoms with van der Waals surface area (Å²) in [6, 6.07) is 15.0. The number of aryl methyl sites for hydroxylation is 1. The molecule has 0 saturated heterocycles. The van der Waals surface area contributed by atoms with Crippen LogP contribution in [0, 0.1) is 0 Å². The Labute approximate surface area is 157 Å². The van der Waals surface area contributed by atoms with E-state index in [4.69, 9.17) is 13.9 Å². The summed E-state index contributed by atoms with van der Waals surface area (Å²) in [4.78, 5) is 12.0. The van der Waals surface area contributed by atoms with E-state index in [1.54, 1.807) is 14.2 Å². The molecule has 3 aromatic rings. The molecule has 1 amide bonds. The summed E-state index contributed by atoms with van der Waals surface area (Å²) in [5, 5.41) is 10.8. The number of hydrogen-bond donors (Lipinski definition) is 1. The SMILES string of the molecule is COc1ccc(CCC(=O)NCc2nnc(-c3cccc(OC)c3)o2)cc1. The van der Waals surface area contributed by atoms with Crippen molar-refractivity contribution in [3.05, 3.63) is 60.0 Å². The largest absolute Gasteiger partial charge is 0.497 e. The van der Waals surface area contributed by atoms with Crippen molar-refractivity contribution in [2.75, 3.05) is 14.2 Å². The van der Waals surface area contributed by atoms with E-state index < -0.39 is 0 Å². The Hall–Kier alpha value is -3.35. The lowest BCUT2D eigenvalue weighted by Gasteiger charge is -2.04. The van der Waals surface area contributed by atoms with Crippen LogP contribution in [0.4, 0.5) is 0 Å². The molecule has 0 aliphatic carbocycles. The lowest BCUT2D eigenvalue weighted by molar-refractivity contribution is -0.121. The second kappa shape index (κ2) is 8.84. The highest BCUT2D eigenvalue weighted by Crippen LogP contribution is 2.22. The summed E-state index contributed by atoms with van der Waals surface area (Å²) in [7, 11) is 3.22. The summed E-state index contributed by atoms with van der Waals surface area (Å²) in [5.41, 5.74) is 1.84. The van der Waals surface area contributed by atoms with Crippen molar-refractivity contribution < 1.29 is 18.7 Å². The summed E-state index contributed by atoms with van der Waals surface area (Å²) < 4.78 is 15.9. The van der Waals surface area contributed by atoms with Crippen LogP contribution >= 0.6 is 0 Å². The van der Waals surface area contributed by atoms with Gasteiger partial charge in [0.15, 0.2) is 0 Å². The highest BCUT2D eigenvalue weighted by molar-refractivity contribution is 5.76. The number of carbonyl (C=O) groups is 1. The Morgan fingerprint density at radius 3 is 2.56 bits per heavy atom. The van der Waals surface area contributed by atoms with E-state index in [2.05, 4.69) is 15.5 Å². The molecule has 140 valence electrons. The minimum absolute atomic E-state index is 0.0769. The zero-order valence-corrected chi connectivity index (χ0v) is 15.3. The fourth-order valence-electron chi connectivity index (χ4n) is 2.51. The van der Waals surface area contributed by atoms with E-state index in [0.717, 1.165) is 16.9 Å². The fraction of sp³-hybridized carbons (Fsp3) is 0.250. The van der Waals surface area contributed by atoms with Crippen LogP contribution < -0.4 is 14.8 Å². The molecular formula is C20H21N3O4. The van der Waals surface area contributed by atoms with Gasteiger partial charge >= 0.3 is 0 Å². The van der Waals surface area contributed by atoms with Gasteiger partial charge in [-0.25, -0.2) is 0 Å². The molecule has 0 aliphatic rings. The van der Waals surface area contributed by atoms with E-state index in [9.17, 15) is 4.79 Å². The van der Waals surface area contributed by atoms with Gasteiger partial charge in [0, 0.05) is 12.0 Å². The van der Waals surface area contributed by atoms with E-state index in [0.29, 0.717) is 30.4 Å². The Bertz CT molecular complexity index is 890. The lowest BCUT2D eigenvalue weighted by Crippen LogP contribution is -2.23. The number of rotatable bonds is 8. The number of ether oxygens (including phenoxy) is 2. The first-order valence-corrected chi connectivity index (χ1v) is 8.54. The Morgan fingerprint density at radius 1 is 1.04 bits per heavy atom. The predicted octanol–water partition coefficient (Wildman–Crippen LogP) is 3.00. The van der Waals surface area contributed by atoms with Gasteiger partial charge in [-0.15, -0.1) is 10.2 Å². The second-order valence-corrected chi connectivity index (χ2v) is 5.86. The number of nitrogens with zero attached hydrogens (tertiary/aromatic N) is 2. The first kappa shape index (κ1) is 18.4. The van der Waals surface area contributed by atoms with Crippen molar-refractivity contribution in [1.82, 2.24) is 15.5 Å². The van der Waals surface area contributed by atoms with E-state index in [1.807, 2.05) is 48.5 Å². The number of amides is 1. The quantitative estimate of drug-likeness (QED) is 0.659. The van der Waals surface area contributed by atoms with Crippen LogP contribution in [0.15, 0.2) is 52.9 Å². The van der Waals surface area contributed by atoms with Gasteiger partial charge in [-0.3, -0.25) is 4.79 Å². The third kappa shape index (κ3) is 5.07. The zero-order chi connectivity index (χ0) is 19.1. The Kier molecular flexibility index (Phi) is 6.04. The molecule has 0 atom stereocenters. The molecule has 1 aromatic heterocycles. The minimum Gasteiger partial charge on any atom is -0.497 e. The fourth-order valence-corrected chi connectivity index (χ4v) is 2.51. The van der Waals surface area contributed by atoms with Crippen LogP contribution in [0.1, 0.15) is 17.9 Å². The van der Waals surface area contributed by atoms with E-state index in [-0.39, 0.29) is 12.5 Å². The minimum atomic E-state index is -0.0769. The Morgan fingerprint density at radius 2 is 1.81 bits per heavy atom. The molecular weight excluding hydrogens is 346 g/mol. The molecule has 1 N–H and O–H groups in total. The zero-order valence-electron chi connectivity index (χ0n) is 15.3. The molecule has 0 aliphatic heterocycles. The maximum atomic E-state index is 12.0. The van der Waals surface area contributed by atoms with Crippen LogP contribution in [0.5, 0.6) is 11.5 Å². The van der Waals surface area contributed by atoms with Crippen LogP contribution in [-0.2, 0) is 17.8 Å². The van der Waals surface area contributed by atoms with Crippen molar-refractivity contribution in [2.45, 2.75) is 19.4 Å². The third-order valence-corrected chi connectivity index (χ3v) is 4.02. The molecule has 2 aromatic carbocycles. The van der Waals surface area contributed by atoms with E-state index >= 15 is 0 Å². The van der Waals surface area contributed by atoms with Gasteiger partial charge in [-0.05, 0) is 42.3 Å². The molecule has 0 saturated carbocycles. The van der Waals surface area contributed by atoms with Gasteiger partial charge < -0.3 is 19.2 Å². The number of nitrogens with one attached hydrogen (secondary N) is 1. The van der Waals surface area contributed by atoms with Gasteiger partial charge in [0.1, 0.15) is 11.5 Å². The summed E-state index contributed by atoms with van der Waals surface area (Å²) in [6.07, 6.45) is 1.03. The van der Waals surface area contributed by atoms with Crippen LogP contribution in [0.2, 0.25) is 0 Å². The van der Waals surface area contributed by atoms with Gasteiger partial charge in [-0.2, -0.15) is 0 Å². The topological polar surface area (TPSA) is 86.5 Å². The lowest BCUT2D eigenvalue weighted by atomic mass is 10.1. The maximum Gasteiger partial charge on any atom is 0.247 e. The van der Waals surface area contributed by atoms with Crippen molar-refractivity contribution in [1.29, 1.82) is 0 Å². The number of hydrogen-bond acceptors (Lipinski definition) is 6. The normalized spacial score (nSPS) is 10.4. The standard InChI is InChI=1S/C20H21N3O4/c1-25-16-9-6-14(7-10-16)8-11-18(24)21-13-19-22-23-20(27-19)15-4-3-5-17(12-15)26-2/h3-7,9-10,12H,8,11,13H2,1-2H3,(H,21,24). The predicted molar refractivity (Wildman–Crippen MR) is 99.4 cm³/mol. The molecule has 7 nitrogen and oxygen atoms in total. The molecule has 0 unspecified atom stereocenters. The first-order chi connectivity index (χ1) is 13.2. The number of aromatic nitrogens is 2. The summed E-state index contributed by atoms with van der Waals surface area (Å²) in [6.45, 7) is 0.193. The number of methoxy groups -OCH3 is 2. The highest BCUT2D eigenvalue weighted by Gasteiger charge is 2.10. The molecule has 0 fully saturated rings. The summed E-state index contributed by atoms with van der Waals surface area (Å²) >= 11 is 0. The third-order valence-electron chi connectivity index (χ3n) is 4.02. The molecule has 0 radical (unpaired) electrons. The molecule has 0 bridgehead atoms. The molecule has 27 heavy (non-hydrogen) atoms. The smallest absolute Gasteiger partial charge is 0.247 e. The Balaban J connectivity index is 1.49. The number of benzene rings is 2. The average molecular weight is 367 g/mol. The molecule has 7 heteroatoms. The van der Waals surface area contributed by atoms with E-state index in [1.165, 1.54) is 0 Å². The van der Waals surface area contributed by atoms with Crippen molar-refractivity contribution in [3.63, 3.8) is 0 Å². The average Bonchev–Trinajstić information content (AvgIpc) is 3.20. The maximum absolute atomic E-state index is 12.0. The van der Waals surface area contributed by atoms with Gasteiger partial charge in [0.05, 0.1) is 20.8 Å². The van der Waals surface area contributed by atoms with Crippen molar-refractivity contribution >= 4 is 5.91 Å². The van der Waals surface area contributed by atoms with Gasteiger partial charge in [-0.1, -0.05) is 18.2 Å². The second-order valence-electron chi connectivity index (χ2n) is 5.86. The van der Waals surface area contributed by atoms with Crippen molar-refractivity contribution in [3.8, 4) is 23.0 Å². The van der Waals surface area contributed by atoms with Gasteiger partial charge in [0.2, 0.25) is 17.7 Å². The van der Waals surface area contributed by atoms with Crippen LogP contribution in [-0.4, -0.2) is 30.3 Å². The highest BCUT2D eigenvalue weighted by atomic mass is 16.5. The van der Waals surface area contributed by atoms with Crippen molar-refractivity contribution in [2.24, 2.45) is 0 Å². The molecule has 3 rings (SSSR count). The van der Waals surface area contributed by atoms with Crippen LogP contribution in [0.25, 0.3) is 11.5 Å².